The number of likely N-dealkylation sites (tertiary alicyclic amines) is 1. The van der Waals surface area contributed by atoms with Crippen LogP contribution in [0.5, 0.6) is 11.5 Å². The number of pyridine rings is 1. The minimum absolute atomic E-state index is 0.0277. The van der Waals surface area contributed by atoms with Crippen LogP contribution in [0.15, 0.2) is 79.4 Å². The monoisotopic (exact) mass is 755 g/mol. The molecule has 4 amide bonds. The molecule has 0 radical (unpaired) electrons. The number of carbonyl (C=O) groups is 5. The van der Waals surface area contributed by atoms with Gasteiger partial charge in [-0.2, -0.15) is 0 Å². The number of hydrogen-bond donors (Lipinski definition) is 3. The molecule has 292 valence electrons. The molecular formula is C41H49N5O9. The highest BCUT2D eigenvalue weighted by molar-refractivity contribution is 5.97. The van der Waals surface area contributed by atoms with Gasteiger partial charge >= 0.3 is 12.1 Å². The van der Waals surface area contributed by atoms with E-state index in [2.05, 4.69) is 22.5 Å². The number of benzene rings is 2. The smallest absolute Gasteiger partial charge is 0.408 e. The summed E-state index contributed by atoms with van der Waals surface area (Å²) in [6, 6.07) is 14.3. The van der Waals surface area contributed by atoms with Crippen LogP contribution in [0.1, 0.15) is 47.5 Å². The molecule has 1 aromatic heterocycles. The van der Waals surface area contributed by atoms with Gasteiger partial charge in [-0.15, -0.1) is 6.58 Å². The van der Waals surface area contributed by atoms with Gasteiger partial charge < -0.3 is 39.8 Å². The number of ether oxygens (including phenoxy) is 4. The summed E-state index contributed by atoms with van der Waals surface area (Å²) in [5, 5.41) is 8.74. The first-order valence-corrected chi connectivity index (χ1v) is 18.2. The van der Waals surface area contributed by atoms with Gasteiger partial charge in [0.2, 0.25) is 17.7 Å². The Balaban J connectivity index is 1.51. The quantitative estimate of drug-likeness (QED) is 0.121. The Bertz CT molecular complexity index is 1960. The lowest BCUT2D eigenvalue weighted by Gasteiger charge is -2.30. The van der Waals surface area contributed by atoms with Crippen LogP contribution in [0.3, 0.4) is 0 Å². The van der Waals surface area contributed by atoms with Crippen LogP contribution in [0, 0.1) is 5.92 Å². The van der Waals surface area contributed by atoms with Gasteiger partial charge in [-0.3, -0.25) is 14.4 Å². The van der Waals surface area contributed by atoms with Crippen LogP contribution in [0.4, 0.5) is 4.79 Å². The van der Waals surface area contributed by atoms with Crippen molar-refractivity contribution < 1.29 is 42.9 Å². The molecule has 1 aliphatic carbocycles. The molecule has 3 N–H and O–H groups in total. The van der Waals surface area contributed by atoms with Crippen LogP contribution in [-0.2, 0) is 28.7 Å². The maximum absolute atomic E-state index is 14.5. The summed E-state index contributed by atoms with van der Waals surface area (Å²) < 4.78 is 22.9. The van der Waals surface area contributed by atoms with Crippen LogP contribution >= 0.6 is 0 Å². The van der Waals surface area contributed by atoms with E-state index in [-0.39, 0.29) is 38.5 Å². The standard InChI is InChI=1S/C41H49N5O9/c1-8-14-35(47)42-23-32(44-39(51)55-40(4,5)6)37(49)46-24-28(20-33(46)36(48)45-41(22-26(41)9-2)38(50)53-10-3)54-34-21-30(25-15-12-11-13-16-25)43-31-19-27(52-7)17-18-29(31)34/h8-9,11-19,21,26,28,32-33H,2,10,20,22-24H2,1,3-7H3,(H,42,47)(H,44,51)(H,45,48)/b14-8+/t26-,28-,32+,33+,41-/m1/s1. The zero-order valence-corrected chi connectivity index (χ0v) is 32.0. The SMILES string of the molecule is C=C[C@@H]1C[C@]1(NC(=O)[C@@H]1C[C@@H](Oc2cc(-c3ccccc3)nc3cc(OC)ccc23)CN1C(=O)[C@H](CNC(=O)/C=C/C)NC(=O)OC(C)(C)C)C(=O)OCC. The lowest BCUT2D eigenvalue weighted by molar-refractivity contribution is -0.150. The summed E-state index contributed by atoms with van der Waals surface area (Å²) >= 11 is 0. The van der Waals surface area contributed by atoms with E-state index in [4.69, 9.17) is 23.9 Å². The molecule has 5 rings (SSSR count). The molecule has 55 heavy (non-hydrogen) atoms. The van der Waals surface area contributed by atoms with Crippen LogP contribution in [0.25, 0.3) is 22.2 Å². The van der Waals surface area contributed by atoms with E-state index in [1.165, 1.54) is 17.1 Å². The number of carbonyl (C=O) groups excluding carboxylic acids is 5. The molecule has 0 unspecified atom stereocenters. The Morgan fingerprint density at radius 2 is 1.84 bits per heavy atom. The van der Waals surface area contributed by atoms with Crippen molar-refractivity contribution in [2.45, 2.75) is 76.8 Å². The zero-order chi connectivity index (χ0) is 39.9. The molecule has 0 bridgehead atoms. The highest BCUT2D eigenvalue weighted by Gasteiger charge is 2.62. The van der Waals surface area contributed by atoms with E-state index in [0.717, 1.165) is 5.56 Å². The highest BCUT2D eigenvalue weighted by Crippen LogP contribution is 2.46. The number of nitrogens with one attached hydrogen (secondary N) is 3. The molecule has 3 aromatic rings. The van der Waals surface area contributed by atoms with Gasteiger partial charge in [-0.25, -0.2) is 14.6 Å². The summed E-state index contributed by atoms with van der Waals surface area (Å²) in [6.45, 7) is 11.9. The number of allylic oxidation sites excluding steroid dienone is 1. The molecule has 1 saturated heterocycles. The molecule has 2 aromatic carbocycles. The molecule has 2 heterocycles. The maximum atomic E-state index is 14.5. The van der Waals surface area contributed by atoms with Crippen LogP contribution < -0.4 is 25.4 Å². The number of alkyl carbamates (subject to hydrolysis) is 1. The number of aromatic nitrogens is 1. The summed E-state index contributed by atoms with van der Waals surface area (Å²) in [4.78, 5) is 73.5. The fourth-order valence-electron chi connectivity index (χ4n) is 6.54. The Labute approximate surface area is 320 Å². The molecule has 2 fully saturated rings. The van der Waals surface area contributed by atoms with Gasteiger partial charge in [0, 0.05) is 42.0 Å². The van der Waals surface area contributed by atoms with E-state index in [9.17, 15) is 24.0 Å². The molecule has 1 aliphatic heterocycles. The summed E-state index contributed by atoms with van der Waals surface area (Å²) in [7, 11) is 1.57. The van der Waals surface area contributed by atoms with E-state index in [1.807, 2.05) is 42.5 Å². The van der Waals surface area contributed by atoms with Gasteiger partial charge in [-0.05, 0) is 59.2 Å². The second kappa shape index (κ2) is 17.0. The maximum Gasteiger partial charge on any atom is 0.408 e. The van der Waals surface area contributed by atoms with Crippen molar-refractivity contribution in [2.24, 2.45) is 5.92 Å². The third-order valence-electron chi connectivity index (χ3n) is 9.26. The van der Waals surface area contributed by atoms with Crippen molar-refractivity contribution in [1.29, 1.82) is 0 Å². The van der Waals surface area contributed by atoms with Gasteiger partial charge in [0.05, 0.1) is 31.5 Å². The zero-order valence-electron chi connectivity index (χ0n) is 32.0. The topological polar surface area (TPSA) is 174 Å². The van der Waals surface area contributed by atoms with Crippen molar-refractivity contribution in [3.63, 3.8) is 0 Å². The molecule has 2 aliphatic rings. The molecule has 0 spiro atoms. The summed E-state index contributed by atoms with van der Waals surface area (Å²) in [5.74, 6) is -1.67. The van der Waals surface area contributed by atoms with Crippen LogP contribution in [0.2, 0.25) is 0 Å². The number of rotatable bonds is 14. The third-order valence-corrected chi connectivity index (χ3v) is 9.26. The first-order chi connectivity index (χ1) is 26.2. The fraction of sp³-hybridized carbons (Fsp3) is 0.415. The largest absolute Gasteiger partial charge is 0.497 e. The number of amides is 4. The molecular weight excluding hydrogens is 706 g/mol. The number of nitrogens with zero attached hydrogens (tertiary/aromatic N) is 2. The Kier molecular flexibility index (Phi) is 12.5. The second-order valence-electron chi connectivity index (χ2n) is 14.4. The number of fused-ring (bicyclic) bond motifs is 1. The molecule has 14 nitrogen and oxygen atoms in total. The predicted molar refractivity (Wildman–Crippen MR) is 205 cm³/mol. The minimum atomic E-state index is -1.34. The molecule has 14 heteroatoms. The normalized spacial score (nSPS) is 21.0. The fourth-order valence-corrected chi connectivity index (χ4v) is 6.54. The number of methoxy groups -OCH3 is 1. The van der Waals surface area contributed by atoms with Gasteiger partial charge in [0.15, 0.2) is 0 Å². The van der Waals surface area contributed by atoms with Crippen LogP contribution in [-0.4, -0.2) is 95.8 Å². The molecule has 5 atom stereocenters. The van der Waals surface area contributed by atoms with Crippen molar-refractivity contribution in [3.05, 3.63) is 79.4 Å². The summed E-state index contributed by atoms with van der Waals surface area (Å²) in [6.07, 6.45) is 3.09. The number of esters is 1. The Morgan fingerprint density at radius 1 is 1.09 bits per heavy atom. The Hall–Kier alpha value is -5.92. The van der Waals surface area contributed by atoms with E-state index in [0.29, 0.717) is 28.1 Å². The third kappa shape index (κ3) is 9.61. The van der Waals surface area contributed by atoms with Crippen molar-refractivity contribution in [2.75, 3.05) is 26.8 Å². The van der Waals surface area contributed by atoms with E-state index in [1.54, 1.807) is 59.9 Å². The average Bonchev–Trinajstić information content (AvgIpc) is 3.71. The first kappa shape index (κ1) is 40.3. The van der Waals surface area contributed by atoms with Gasteiger partial charge in [0.25, 0.3) is 0 Å². The van der Waals surface area contributed by atoms with E-state index >= 15 is 0 Å². The average molecular weight is 756 g/mol. The van der Waals surface area contributed by atoms with E-state index < -0.39 is 59.1 Å². The van der Waals surface area contributed by atoms with Crippen molar-refractivity contribution in [3.8, 4) is 22.8 Å². The van der Waals surface area contributed by atoms with Crippen molar-refractivity contribution in [1.82, 2.24) is 25.8 Å². The summed E-state index contributed by atoms with van der Waals surface area (Å²) in [5.41, 5.74) is -0.128. The predicted octanol–water partition coefficient (Wildman–Crippen LogP) is 4.47. The van der Waals surface area contributed by atoms with Gasteiger partial charge in [-0.1, -0.05) is 42.5 Å². The lowest BCUT2D eigenvalue weighted by Crippen LogP contribution is -2.58. The van der Waals surface area contributed by atoms with Gasteiger partial charge in [0.1, 0.15) is 40.8 Å². The highest BCUT2D eigenvalue weighted by atomic mass is 16.6. The molecule has 1 saturated carbocycles. The lowest BCUT2D eigenvalue weighted by atomic mass is 10.1. The minimum Gasteiger partial charge on any atom is -0.497 e. The Morgan fingerprint density at radius 3 is 2.47 bits per heavy atom. The number of hydrogen-bond acceptors (Lipinski definition) is 10. The van der Waals surface area contributed by atoms with Crippen molar-refractivity contribution >= 4 is 40.7 Å². The first-order valence-electron chi connectivity index (χ1n) is 18.2. The second-order valence-corrected chi connectivity index (χ2v) is 14.4.